The van der Waals surface area contributed by atoms with Gasteiger partial charge in [0.25, 0.3) is 0 Å². The predicted octanol–water partition coefficient (Wildman–Crippen LogP) is 3.50. The average Bonchev–Trinajstić information content (AvgIpc) is 3.31. The van der Waals surface area contributed by atoms with Crippen molar-refractivity contribution in [3.05, 3.63) is 51.8 Å². The lowest BCUT2D eigenvalue weighted by Crippen LogP contribution is -2.31. The van der Waals surface area contributed by atoms with Crippen molar-refractivity contribution in [2.75, 3.05) is 0 Å². The Morgan fingerprint density at radius 1 is 1.35 bits per heavy atom. The predicted molar refractivity (Wildman–Crippen MR) is 91.4 cm³/mol. The normalized spacial score (nSPS) is 15.5. The van der Waals surface area contributed by atoms with E-state index in [4.69, 9.17) is 11.6 Å². The van der Waals surface area contributed by atoms with Crippen LogP contribution in [-0.4, -0.2) is 15.7 Å². The Balaban J connectivity index is 1.73. The Hall–Kier alpha value is -1.81. The molecule has 0 radical (unpaired) electrons. The van der Waals surface area contributed by atoms with Crippen LogP contribution >= 0.6 is 11.6 Å². The summed E-state index contributed by atoms with van der Waals surface area (Å²) in [5.74, 6) is 0.590. The second-order valence-corrected chi connectivity index (χ2v) is 6.82. The molecule has 4 nitrogen and oxygen atoms in total. The van der Waals surface area contributed by atoms with E-state index in [0.29, 0.717) is 12.3 Å². The lowest BCUT2D eigenvalue weighted by molar-refractivity contribution is -0.121. The van der Waals surface area contributed by atoms with Gasteiger partial charge in [-0.05, 0) is 50.3 Å². The van der Waals surface area contributed by atoms with E-state index in [1.165, 1.54) is 12.8 Å². The van der Waals surface area contributed by atoms with E-state index < -0.39 is 0 Å². The molecule has 0 spiro atoms. The van der Waals surface area contributed by atoms with E-state index in [0.717, 1.165) is 27.5 Å². The van der Waals surface area contributed by atoms with Gasteiger partial charge in [0.1, 0.15) is 0 Å². The van der Waals surface area contributed by atoms with Gasteiger partial charge in [0.15, 0.2) is 0 Å². The number of halogens is 1. The first-order chi connectivity index (χ1) is 11.0. The highest BCUT2D eigenvalue weighted by Gasteiger charge is 2.33. The summed E-state index contributed by atoms with van der Waals surface area (Å²) in [4.78, 5) is 12.5. The molecule has 5 heteroatoms. The fourth-order valence-corrected chi connectivity index (χ4v) is 3.16. The van der Waals surface area contributed by atoms with Crippen LogP contribution in [0.3, 0.4) is 0 Å². The van der Waals surface area contributed by atoms with Crippen molar-refractivity contribution in [2.24, 2.45) is 13.0 Å². The molecule has 0 aliphatic heterocycles. The van der Waals surface area contributed by atoms with Gasteiger partial charge in [0, 0.05) is 23.3 Å². The second-order valence-electron chi connectivity index (χ2n) is 6.38. The number of rotatable bonds is 5. The number of hydrogen-bond acceptors (Lipinski definition) is 2. The van der Waals surface area contributed by atoms with Gasteiger partial charge in [-0.25, -0.2) is 0 Å². The minimum atomic E-state index is 0.0519. The SMILES string of the molecule is Cc1nn(C)c(C)c1CC(=O)NC(c1ccc(Cl)cc1)C1CC1. The van der Waals surface area contributed by atoms with E-state index in [1.54, 1.807) is 0 Å². The summed E-state index contributed by atoms with van der Waals surface area (Å²) in [6.07, 6.45) is 2.71. The van der Waals surface area contributed by atoms with Crippen LogP contribution in [0.15, 0.2) is 24.3 Å². The molecule has 1 amide bonds. The molecule has 122 valence electrons. The van der Waals surface area contributed by atoms with Crippen LogP contribution in [0.5, 0.6) is 0 Å². The summed E-state index contributed by atoms with van der Waals surface area (Å²) in [6.45, 7) is 3.95. The molecule has 1 aromatic carbocycles. The first kappa shape index (κ1) is 16.1. The minimum Gasteiger partial charge on any atom is -0.349 e. The summed E-state index contributed by atoms with van der Waals surface area (Å²) in [5.41, 5.74) is 4.13. The summed E-state index contributed by atoms with van der Waals surface area (Å²) >= 11 is 5.97. The van der Waals surface area contributed by atoms with Crippen molar-refractivity contribution in [1.29, 1.82) is 0 Å². The first-order valence-electron chi connectivity index (χ1n) is 7.99. The third kappa shape index (κ3) is 3.58. The number of aryl methyl sites for hydroxylation is 2. The number of aromatic nitrogens is 2. The van der Waals surface area contributed by atoms with Crippen LogP contribution in [0.2, 0.25) is 5.02 Å². The second kappa shape index (κ2) is 6.36. The summed E-state index contributed by atoms with van der Waals surface area (Å²) in [7, 11) is 1.91. The molecule has 0 saturated heterocycles. The van der Waals surface area contributed by atoms with Crippen molar-refractivity contribution < 1.29 is 4.79 Å². The molecule has 1 atom stereocenters. The van der Waals surface area contributed by atoms with Crippen LogP contribution in [0.4, 0.5) is 0 Å². The number of nitrogens with one attached hydrogen (secondary N) is 1. The van der Waals surface area contributed by atoms with Crippen LogP contribution in [0.1, 0.15) is 41.4 Å². The molecular weight excluding hydrogens is 310 g/mol. The monoisotopic (exact) mass is 331 g/mol. The van der Waals surface area contributed by atoms with Gasteiger partial charge in [0.2, 0.25) is 5.91 Å². The maximum absolute atomic E-state index is 12.5. The van der Waals surface area contributed by atoms with Crippen molar-refractivity contribution >= 4 is 17.5 Å². The van der Waals surface area contributed by atoms with Crippen LogP contribution in [0.25, 0.3) is 0 Å². The Morgan fingerprint density at radius 2 is 2.00 bits per heavy atom. The van der Waals surface area contributed by atoms with Gasteiger partial charge in [-0.2, -0.15) is 5.10 Å². The Bertz CT molecular complexity index is 717. The number of benzene rings is 1. The van der Waals surface area contributed by atoms with Gasteiger partial charge in [-0.1, -0.05) is 23.7 Å². The molecule has 1 heterocycles. The standard InChI is InChI=1S/C18H22ClN3O/c1-11-16(12(2)22(3)21-11)10-17(23)20-18(13-4-5-13)14-6-8-15(19)9-7-14/h6-9,13,18H,4-5,10H2,1-3H3,(H,20,23). The molecule has 2 aromatic rings. The molecule has 1 fully saturated rings. The lowest BCUT2D eigenvalue weighted by atomic mass is 10.0. The zero-order chi connectivity index (χ0) is 16.6. The van der Waals surface area contributed by atoms with Gasteiger partial charge in [0.05, 0.1) is 18.2 Å². The molecule has 1 N–H and O–H groups in total. The van der Waals surface area contributed by atoms with E-state index >= 15 is 0 Å². The van der Waals surface area contributed by atoms with Crippen LogP contribution < -0.4 is 5.32 Å². The van der Waals surface area contributed by atoms with E-state index in [-0.39, 0.29) is 11.9 Å². The van der Waals surface area contributed by atoms with Crippen molar-refractivity contribution in [3.63, 3.8) is 0 Å². The number of carbonyl (C=O) groups is 1. The molecule has 1 aliphatic rings. The molecule has 3 rings (SSSR count). The summed E-state index contributed by atoms with van der Waals surface area (Å²) in [5, 5.41) is 8.31. The third-order valence-electron chi connectivity index (χ3n) is 4.64. The van der Waals surface area contributed by atoms with Gasteiger partial charge in [-0.15, -0.1) is 0 Å². The maximum atomic E-state index is 12.5. The number of nitrogens with zero attached hydrogens (tertiary/aromatic N) is 2. The highest BCUT2D eigenvalue weighted by molar-refractivity contribution is 6.30. The average molecular weight is 332 g/mol. The fourth-order valence-electron chi connectivity index (χ4n) is 3.03. The Kier molecular flexibility index (Phi) is 4.44. The highest BCUT2D eigenvalue weighted by Crippen LogP contribution is 2.41. The molecule has 1 aliphatic carbocycles. The van der Waals surface area contributed by atoms with Crippen molar-refractivity contribution in [2.45, 2.75) is 39.2 Å². The highest BCUT2D eigenvalue weighted by atomic mass is 35.5. The van der Waals surface area contributed by atoms with E-state index in [2.05, 4.69) is 10.4 Å². The fraction of sp³-hybridized carbons (Fsp3) is 0.444. The minimum absolute atomic E-state index is 0.0519. The quantitative estimate of drug-likeness (QED) is 0.911. The first-order valence-corrected chi connectivity index (χ1v) is 8.37. The molecule has 1 saturated carbocycles. The molecule has 1 unspecified atom stereocenters. The smallest absolute Gasteiger partial charge is 0.225 e. The van der Waals surface area contributed by atoms with Crippen molar-refractivity contribution in [3.8, 4) is 0 Å². The van der Waals surface area contributed by atoms with Gasteiger partial charge >= 0.3 is 0 Å². The van der Waals surface area contributed by atoms with Crippen molar-refractivity contribution in [1.82, 2.24) is 15.1 Å². The molecular formula is C18H22ClN3O. The molecule has 0 bridgehead atoms. The summed E-state index contributed by atoms with van der Waals surface area (Å²) in [6, 6.07) is 7.86. The Labute approximate surface area is 141 Å². The molecule has 23 heavy (non-hydrogen) atoms. The van der Waals surface area contributed by atoms with Gasteiger partial charge in [-0.3, -0.25) is 9.48 Å². The van der Waals surface area contributed by atoms with Crippen LogP contribution in [0, 0.1) is 19.8 Å². The number of amides is 1. The van der Waals surface area contributed by atoms with E-state index in [1.807, 2.05) is 49.8 Å². The van der Waals surface area contributed by atoms with Crippen LogP contribution in [-0.2, 0) is 18.3 Å². The largest absolute Gasteiger partial charge is 0.349 e. The topological polar surface area (TPSA) is 46.9 Å². The van der Waals surface area contributed by atoms with E-state index in [9.17, 15) is 4.79 Å². The van der Waals surface area contributed by atoms with Gasteiger partial charge < -0.3 is 5.32 Å². The zero-order valence-corrected chi connectivity index (χ0v) is 14.5. The third-order valence-corrected chi connectivity index (χ3v) is 4.89. The molecule has 1 aromatic heterocycles. The number of hydrogen-bond donors (Lipinski definition) is 1. The number of carbonyl (C=O) groups excluding carboxylic acids is 1. The zero-order valence-electron chi connectivity index (χ0n) is 13.8. The Morgan fingerprint density at radius 3 is 2.52 bits per heavy atom. The summed E-state index contributed by atoms with van der Waals surface area (Å²) < 4.78 is 1.83. The lowest BCUT2D eigenvalue weighted by Gasteiger charge is -2.19. The maximum Gasteiger partial charge on any atom is 0.225 e.